The molecule has 3 rings (SSSR count). The van der Waals surface area contributed by atoms with Crippen molar-refractivity contribution in [1.82, 2.24) is 25.1 Å². The number of fused-ring (bicyclic) bond motifs is 1. The Morgan fingerprint density at radius 3 is 2.60 bits per heavy atom. The van der Waals surface area contributed by atoms with E-state index in [1.165, 1.54) is 12.1 Å². The zero-order chi connectivity index (χ0) is 22.1. The molecule has 30 heavy (non-hydrogen) atoms. The highest BCUT2D eigenvalue weighted by atomic mass is 19.1. The number of amides is 2. The summed E-state index contributed by atoms with van der Waals surface area (Å²) in [7, 11) is 3.54. The Balaban J connectivity index is 2.05. The molecule has 0 radical (unpaired) electrons. The minimum atomic E-state index is -0.714. The van der Waals surface area contributed by atoms with Crippen molar-refractivity contribution in [2.75, 3.05) is 20.6 Å². The number of rotatable bonds is 4. The van der Waals surface area contributed by atoms with Gasteiger partial charge in [-0.2, -0.15) is 0 Å². The first-order valence-corrected chi connectivity index (χ1v) is 10.2. The van der Waals surface area contributed by atoms with Crippen LogP contribution in [-0.4, -0.2) is 52.9 Å². The number of imidazole rings is 1. The summed E-state index contributed by atoms with van der Waals surface area (Å²) in [6.45, 7) is 7.80. The summed E-state index contributed by atoms with van der Waals surface area (Å²) in [5.74, 6) is -0.449. The number of hydrogen-bond donors (Lipinski definition) is 2. The Kier molecular flexibility index (Phi) is 6.26. The number of nitrogens with zero attached hydrogens (tertiary/aromatic N) is 3. The second-order valence-electron chi connectivity index (χ2n) is 8.87. The number of carbonyl (C=O) groups is 2. The van der Waals surface area contributed by atoms with Gasteiger partial charge >= 0.3 is 0 Å². The third-order valence-electron chi connectivity index (χ3n) is 5.36. The van der Waals surface area contributed by atoms with Gasteiger partial charge in [0.2, 0.25) is 5.91 Å². The van der Waals surface area contributed by atoms with Crippen LogP contribution < -0.4 is 10.6 Å². The van der Waals surface area contributed by atoms with E-state index in [4.69, 9.17) is 0 Å². The normalized spacial score (nSPS) is 15.8. The average molecular weight is 416 g/mol. The van der Waals surface area contributed by atoms with Crippen molar-refractivity contribution in [2.24, 2.45) is 5.41 Å². The van der Waals surface area contributed by atoms with Crippen LogP contribution in [0.25, 0.3) is 11.4 Å². The van der Waals surface area contributed by atoms with Crippen molar-refractivity contribution >= 4 is 11.8 Å². The molecule has 1 atom stereocenters. The summed E-state index contributed by atoms with van der Waals surface area (Å²) in [5.41, 5.74) is 1.20. The minimum Gasteiger partial charge on any atom is -0.357 e. The molecule has 1 unspecified atom stereocenters. The van der Waals surface area contributed by atoms with Crippen LogP contribution in [0.1, 0.15) is 43.4 Å². The van der Waals surface area contributed by atoms with E-state index in [9.17, 15) is 14.0 Å². The van der Waals surface area contributed by atoms with Crippen LogP contribution in [0.3, 0.4) is 0 Å². The average Bonchev–Trinajstić information content (AvgIpc) is 2.91. The molecule has 0 fully saturated rings. The lowest BCUT2D eigenvalue weighted by atomic mass is 9.86. The number of aromatic nitrogens is 2. The lowest BCUT2D eigenvalue weighted by molar-refractivity contribution is -0.124. The summed E-state index contributed by atoms with van der Waals surface area (Å²) in [4.78, 5) is 32.4. The summed E-state index contributed by atoms with van der Waals surface area (Å²) in [6, 6.07) is 5.52. The molecule has 1 aromatic carbocycles. The predicted octanol–water partition coefficient (Wildman–Crippen LogP) is 2.42. The molecule has 1 aromatic heterocycles. The molecule has 2 aromatic rings. The second-order valence-corrected chi connectivity index (χ2v) is 8.87. The largest absolute Gasteiger partial charge is 0.357 e. The van der Waals surface area contributed by atoms with Crippen LogP contribution in [0.5, 0.6) is 0 Å². The molecule has 0 saturated heterocycles. The third kappa shape index (κ3) is 4.53. The molecule has 1 aliphatic heterocycles. The fourth-order valence-corrected chi connectivity index (χ4v) is 3.77. The molecule has 2 amide bonds. The quantitative estimate of drug-likeness (QED) is 0.804. The maximum atomic E-state index is 13.9. The number of hydrogen-bond acceptors (Lipinski definition) is 4. The van der Waals surface area contributed by atoms with Gasteiger partial charge in [0.15, 0.2) is 5.69 Å². The van der Waals surface area contributed by atoms with Gasteiger partial charge in [-0.1, -0.05) is 32.9 Å². The Bertz CT molecular complexity index is 947. The molecule has 7 nitrogen and oxygen atoms in total. The molecule has 1 aliphatic rings. The Hall–Kier alpha value is -2.74. The van der Waals surface area contributed by atoms with Gasteiger partial charge in [0, 0.05) is 25.7 Å². The second kappa shape index (κ2) is 8.55. The first kappa shape index (κ1) is 22.0. The van der Waals surface area contributed by atoms with Crippen molar-refractivity contribution in [3.05, 3.63) is 41.5 Å². The van der Waals surface area contributed by atoms with Crippen LogP contribution in [0.2, 0.25) is 0 Å². The zero-order valence-electron chi connectivity index (χ0n) is 18.3. The van der Waals surface area contributed by atoms with Gasteiger partial charge in [-0.25, -0.2) is 9.37 Å². The maximum Gasteiger partial charge on any atom is 0.272 e. The molecule has 0 spiro atoms. The zero-order valence-corrected chi connectivity index (χ0v) is 18.3. The third-order valence-corrected chi connectivity index (χ3v) is 5.36. The minimum absolute atomic E-state index is 0.261. The number of benzene rings is 1. The summed E-state index contributed by atoms with van der Waals surface area (Å²) < 4.78 is 15.9. The van der Waals surface area contributed by atoms with Crippen LogP contribution in [-0.2, 0) is 17.9 Å². The molecular formula is C22H30FN5O2. The molecule has 0 saturated carbocycles. The molecular weight excluding hydrogens is 385 g/mol. The van der Waals surface area contributed by atoms with Crippen molar-refractivity contribution in [2.45, 2.75) is 46.3 Å². The lowest BCUT2D eigenvalue weighted by Crippen LogP contribution is -2.53. The van der Waals surface area contributed by atoms with Crippen LogP contribution in [0, 0.1) is 11.2 Å². The van der Waals surface area contributed by atoms with Gasteiger partial charge in [0.25, 0.3) is 5.91 Å². The number of carbonyl (C=O) groups excluding carboxylic acids is 2. The van der Waals surface area contributed by atoms with Gasteiger partial charge in [-0.05, 0) is 37.6 Å². The number of nitrogens with one attached hydrogen (secondary N) is 2. The van der Waals surface area contributed by atoms with Gasteiger partial charge in [-0.3, -0.25) is 9.59 Å². The number of halogens is 1. The van der Waals surface area contributed by atoms with E-state index in [0.29, 0.717) is 24.5 Å². The van der Waals surface area contributed by atoms with Gasteiger partial charge in [0.1, 0.15) is 17.7 Å². The smallest absolute Gasteiger partial charge is 0.272 e. The molecule has 0 bridgehead atoms. The SMILES string of the molecule is CNC(=O)C(NC(=O)c1nc(-c2cccc(F)c2)n2c1CN(C)CCC2)C(C)(C)C. The topological polar surface area (TPSA) is 79.3 Å². The van der Waals surface area contributed by atoms with Gasteiger partial charge in [-0.15, -0.1) is 0 Å². The van der Waals surface area contributed by atoms with Gasteiger partial charge in [0.05, 0.1) is 5.69 Å². The van der Waals surface area contributed by atoms with Crippen molar-refractivity contribution in [1.29, 1.82) is 0 Å². The van der Waals surface area contributed by atoms with Crippen molar-refractivity contribution in [3.63, 3.8) is 0 Å². The van der Waals surface area contributed by atoms with E-state index in [1.54, 1.807) is 19.2 Å². The first-order valence-electron chi connectivity index (χ1n) is 10.2. The van der Waals surface area contributed by atoms with Gasteiger partial charge < -0.3 is 20.1 Å². The Morgan fingerprint density at radius 2 is 1.97 bits per heavy atom. The predicted molar refractivity (Wildman–Crippen MR) is 113 cm³/mol. The monoisotopic (exact) mass is 415 g/mol. The number of likely N-dealkylation sites (N-methyl/N-ethyl adjacent to an activating group) is 1. The summed E-state index contributed by atoms with van der Waals surface area (Å²) in [6.07, 6.45) is 0.895. The van der Waals surface area contributed by atoms with E-state index in [2.05, 4.69) is 20.5 Å². The van der Waals surface area contributed by atoms with E-state index in [1.807, 2.05) is 32.4 Å². The van der Waals surface area contributed by atoms with E-state index < -0.39 is 17.4 Å². The van der Waals surface area contributed by atoms with Crippen LogP contribution in [0.4, 0.5) is 4.39 Å². The van der Waals surface area contributed by atoms with Crippen molar-refractivity contribution in [3.8, 4) is 11.4 Å². The highest BCUT2D eigenvalue weighted by Crippen LogP contribution is 2.27. The van der Waals surface area contributed by atoms with Crippen LogP contribution >= 0.6 is 0 Å². The van der Waals surface area contributed by atoms with Crippen molar-refractivity contribution < 1.29 is 14.0 Å². The molecule has 2 heterocycles. The first-order chi connectivity index (χ1) is 14.1. The molecule has 2 N–H and O–H groups in total. The van der Waals surface area contributed by atoms with E-state index in [0.717, 1.165) is 18.7 Å². The van der Waals surface area contributed by atoms with E-state index in [-0.39, 0.29) is 17.4 Å². The fraction of sp³-hybridized carbons (Fsp3) is 0.500. The Morgan fingerprint density at radius 1 is 1.23 bits per heavy atom. The molecule has 0 aliphatic carbocycles. The van der Waals surface area contributed by atoms with E-state index >= 15 is 0 Å². The summed E-state index contributed by atoms with van der Waals surface area (Å²) in [5, 5.41) is 5.48. The molecule has 162 valence electrons. The highest BCUT2D eigenvalue weighted by molar-refractivity contribution is 5.97. The lowest BCUT2D eigenvalue weighted by Gasteiger charge is -2.29. The maximum absolute atomic E-state index is 13.9. The fourth-order valence-electron chi connectivity index (χ4n) is 3.77. The van der Waals surface area contributed by atoms with Crippen LogP contribution in [0.15, 0.2) is 24.3 Å². The Labute approximate surface area is 176 Å². The highest BCUT2D eigenvalue weighted by Gasteiger charge is 2.34. The summed E-state index contributed by atoms with van der Waals surface area (Å²) >= 11 is 0. The molecule has 8 heteroatoms. The standard InChI is InChI=1S/C22H30FN5O2/c1-22(2,3)18(21(30)24-4)26-20(29)17-16-13-27(5)10-7-11-28(16)19(25-17)14-8-6-9-15(23)12-14/h6,8-9,12,18H,7,10-11,13H2,1-5H3,(H,24,30)(H,26,29).